The van der Waals surface area contributed by atoms with E-state index in [4.69, 9.17) is 9.63 Å². The maximum atomic E-state index is 10.9. The van der Waals surface area contributed by atoms with E-state index in [-0.39, 0.29) is 5.56 Å². The molecule has 5 heteroatoms. The van der Waals surface area contributed by atoms with Crippen molar-refractivity contribution in [2.45, 2.75) is 19.3 Å². The van der Waals surface area contributed by atoms with Gasteiger partial charge in [0, 0.05) is 11.5 Å². The molecule has 0 aliphatic heterocycles. The van der Waals surface area contributed by atoms with Gasteiger partial charge < -0.3 is 9.63 Å². The number of aromatic nitrogens is 2. The van der Waals surface area contributed by atoms with Crippen molar-refractivity contribution in [3.63, 3.8) is 0 Å². The summed E-state index contributed by atoms with van der Waals surface area (Å²) in [6.07, 6.45) is 1.09. The second-order valence-electron chi connectivity index (χ2n) is 4.66. The Morgan fingerprint density at radius 1 is 1.50 bits per heavy atom. The van der Waals surface area contributed by atoms with Crippen LogP contribution in [0.2, 0.25) is 0 Å². The average molecular weight is 244 g/mol. The fraction of sp³-hybridized carbons (Fsp3) is 0.308. The van der Waals surface area contributed by atoms with Crippen LogP contribution in [-0.4, -0.2) is 21.2 Å². The Balaban J connectivity index is 1.92. The van der Waals surface area contributed by atoms with Crippen molar-refractivity contribution in [2.24, 2.45) is 5.92 Å². The summed E-state index contributed by atoms with van der Waals surface area (Å²) < 4.78 is 5.18. The highest BCUT2D eigenvalue weighted by Gasteiger charge is 2.38. The monoisotopic (exact) mass is 244 g/mol. The summed E-state index contributed by atoms with van der Waals surface area (Å²) in [6.45, 7) is 2.14. The molecule has 0 spiro atoms. The van der Waals surface area contributed by atoms with Crippen LogP contribution < -0.4 is 0 Å². The van der Waals surface area contributed by atoms with E-state index >= 15 is 0 Å². The van der Waals surface area contributed by atoms with Crippen molar-refractivity contribution in [3.8, 4) is 11.5 Å². The van der Waals surface area contributed by atoms with Gasteiger partial charge in [0.15, 0.2) is 5.82 Å². The molecule has 1 aliphatic rings. The van der Waals surface area contributed by atoms with Gasteiger partial charge >= 0.3 is 5.97 Å². The smallest absolute Gasteiger partial charge is 0.335 e. The highest BCUT2D eigenvalue weighted by molar-refractivity contribution is 5.88. The quantitative estimate of drug-likeness (QED) is 0.897. The van der Waals surface area contributed by atoms with Crippen LogP contribution in [0.3, 0.4) is 0 Å². The van der Waals surface area contributed by atoms with Crippen molar-refractivity contribution in [1.82, 2.24) is 10.1 Å². The maximum absolute atomic E-state index is 10.9. The molecule has 1 saturated carbocycles. The van der Waals surface area contributed by atoms with Gasteiger partial charge in [-0.25, -0.2) is 4.79 Å². The molecule has 2 unspecified atom stereocenters. The predicted molar refractivity (Wildman–Crippen MR) is 63.2 cm³/mol. The summed E-state index contributed by atoms with van der Waals surface area (Å²) in [7, 11) is 0. The third-order valence-corrected chi connectivity index (χ3v) is 3.24. The lowest BCUT2D eigenvalue weighted by Crippen LogP contribution is -1.95. The Kier molecular flexibility index (Phi) is 2.40. The van der Waals surface area contributed by atoms with Crippen molar-refractivity contribution < 1.29 is 14.4 Å². The molecule has 3 rings (SSSR count). The Morgan fingerprint density at radius 3 is 2.94 bits per heavy atom. The molecule has 0 amide bonds. The molecule has 18 heavy (non-hydrogen) atoms. The van der Waals surface area contributed by atoms with E-state index in [1.54, 1.807) is 12.1 Å². The van der Waals surface area contributed by atoms with E-state index < -0.39 is 5.97 Å². The van der Waals surface area contributed by atoms with Gasteiger partial charge in [0.05, 0.1) is 5.56 Å². The first-order chi connectivity index (χ1) is 8.65. The minimum Gasteiger partial charge on any atom is -0.478 e. The minimum atomic E-state index is -0.965. The Labute approximate surface area is 103 Å². The third-order valence-electron chi connectivity index (χ3n) is 3.24. The molecule has 1 aromatic heterocycles. The maximum Gasteiger partial charge on any atom is 0.335 e. The summed E-state index contributed by atoms with van der Waals surface area (Å²) in [5.41, 5.74) is 0.856. The van der Waals surface area contributed by atoms with Crippen LogP contribution in [-0.2, 0) is 0 Å². The zero-order valence-corrected chi connectivity index (χ0v) is 9.83. The van der Waals surface area contributed by atoms with Gasteiger partial charge in [-0.05, 0) is 30.5 Å². The molecule has 0 radical (unpaired) electrons. The zero-order valence-electron chi connectivity index (χ0n) is 9.83. The van der Waals surface area contributed by atoms with Crippen LogP contribution in [0.15, 0.2) is 28.8 Å². The Morgan fingerprint density at radius 2 is 2.28 bits per heavy atom. The molecule has 1 heterocycles. The molecule has 1 aromatic carbocycles. The van der Waals surface area contributed by atoms with Gasteiger partial charge in [-0.1, -0.05) is 18.1 Å². The second-order valence-corrected chi connectivity index (χ2v) is 4.66. The number of nitrogens with zero attached hydrogens (tertiary/aromatic N) is 2. The Hall–Kier alpha value is -2.17. The summed E-state index contributed by atoms with van der Waals surface area (Å²) in [4.78, 5) is 15.2. The normalized spacial score (nSPS) is 21.8. The summed E-state index contributed by atoms with van der Waals surface area (Å²) in [5.74, 6) is 1.14. The molecule has 1 fully saturated rings. The van der Waals surface area contributed by atoms with E-state index in [1.807, 2.05) is 0 Å². The van der Waals surface area contributed by atoms with E-state index in [0.29, 0.717) is 23.3 Å². The number of carbonyl (C=O) groups is 1. The number of aromatic carboxylic acids is 1. The molecule has 1 N–H and O–H groups in total. The van der Waals surface area contributed by atoms with Gasteiger partial charge in [-0.2, -0.15) is 4.98 Å². The summed E-state index contributed by atoms with van der Waals surface area (Å²) in [5, 5.41) is 12.9. The number of benzene rings is 1. The highest BCUT2D eigenvalue weighted by atomic mass is 16.5. The van der Waals surface area contributed by atoms with Gasteiger partial charge in [0.2, 0.25) is 0 Å². The lowest BCUT2D eigenvalue weighted by atomic mass is 10.1. The van der Waals surface area contributed by atoms with Crippen LogP contribution in [0.25, 0.3) is 11.5 Å². The zero-order chi connectivity index (χ0) is 12.7. The molecule has 92 valence electrons. The molecule has 2 aromatic rings. The van der Waals surface area contributed by atoms with E-state index in [9.17, 15) is 4.79 Å². The SMILES string of the molecule is CC1CC1c1noc(-c2cccc(C(=O)O)c2)n1. The third kappa shape index (κ3) is 1.88. The van der Waals surface area contributed by atoms with E-state index in [1.165, 1.54) is 12.1 Å². The second kappa shape index (κ2) is 3.94. The lowest BCUT2D eigenvalue weighted by molar-refractivity contribution is 0.0697. The molecule has 0 bridgehead atoms. The number of rotatable bonds is 3. The number of carboxylic acids is 1. The van der Waals surface area contributed by atoms with Crippen molar-refractivity contribution >= 4 is 5.97 Å². The van der Waals surface area contributed by atoms with Gasteiger partial charge in [-0.15, -0.1) is 0 Å². The lowest BCUT2D eigenvalue weighted by Gasteiger charge is -1.96. The molecule has 5 nitrogen and oxygen atoms in total. The first kappa shape index (κ1) is 11.0. The molecule has 1 aliphatic carbocycles. The van der Waals surface area contributed by atoms with Crippen LogP contribution in [0.1, 0.15) is 35.4 Å². The number of carboxylic acid groups (broad SMARTS) is 1. The predicted octanol–water partition coefficient (Wildman–Crippen LogP) is 2.56. The highest BCUT2D eigenvalue weighted by Crippen LogP contribution is 2.45. The number of hydrogen-bond acceptors (Lipinski definition) is 4. The van der Waals surface area contributed by atoms with E-state index in [2.05, 4.69) is 17.1 Å². The molecular formula is C13H12N2O3. The molecular weight excluding hydrogens is 232 g/mol. The molecule has 2 atom stereocenters. The Bertz CT molecular complexity index is 606. The summed E-state index contributed by atoms with van der Waals surface area (Å²) >= 11 is 0. The van der Waals surface area contributed by atoms with Gasteiger partial charge in [0.1, 0.15) is 0 Å². The van der Waals surface area contributed by atoms with Gasteiger partial charge in [-0.3, -0.25) is 0 Å². The largest absolute Gasteiger partial charge is 0.478 e. The summed E-state index contributed by atoms with van der Waals surface area (Å²) in [6, 6.07) is 6.50. The average Bonchev–Trinajstić information content (AvgIpc) is 2.92. The number of hydrogen-bond donors (Lipinski definition) is 1. The van der Waals surface area contributed by atoms with E-state index in [0.717, 1.165) is 12.2 Å². The fourth-order valence-electron chi connectivity index (χ4n) is 1.97. The minimum absolute atomic E-state index is 0.215. The van der Waals surface area contributed by atoms with Crippen LogP contribution in [0.4, 0.5) is 0 Å². The van der Waals surface area contributed by atoms with Crippen LogP contribution >= 0.6 is 0 Å². The standard InChI is InChI=1S/C13H12N2O3/c1-7-5-10(7)11-14-12(18-15-11)8-3-2-4-9(6-8)13(16)17/h2-4,6-7,10H,5H2,1H3,(H,16,17). The van der Waals surface area contributed by atoms with Crippen LogP contribution in [0.5, 0.6) is 0 Å². The van der Waals surface area contributed by atoms with Crippen molar-refractivity contribution in [2.75, 3.05) is 0 Å². The van der Waals surface area contributed by atoms with Crippen molar-refractivity contribution in [1.29, 1.82) is 0 Å². The van der Waals surface area contributed by atoms with Crippen molar-refractivity contribution in [3.05, 3.63) is 35.7 Å². The first-order valence-corrected chi connectivity index (χ1v) is 5.82. The fourth-order valence-corrected chi connectivity index (χ4v) is 1.97. The first-order valence-electron chi connectivity index (χ1n) is 5.82. The van der Waals surface area contributed by atoms with Gasteiger partial charge in [0.25, 0.3) is 5.89 Å². The topological polar surface area (TPSA) is 76.2 Å². The van der Waals surface area contributed by atoms with Crippen LogP contribution in [0, 0.1) is 5.92 Å². The molecule has 0 saturated heterocycles.